The number of likely N-dealkylation sites (N-methyl/N-ethyl adjacent to an activating group) is 1. The maximum absolute atomic E-state index is 13.4. The average molecular weight is 455 g/mol. The maximum Gasteiger partial charge on any atom is 0.397 e. The van der Waals surface area contributed by atoms with Crippen LogP contribution >= 0.6 is 0 Å². The van der Waals surface area contributed by atoms with Gasteiger partial charge in [-0.15, -0.1) is 0 Å². The van der Waals surface area contributed by atoms with E-state index >= 15 is 0 Å². The summed E-state index contributed by atoms with van der Waals surface area (Å²) in [7, 11) is 1.68. The van der Waals surface area contributed by atoms with Crippen molar-refractivity contribution in [2.45, 2.75) is 40.2 Å². The number of urea groups is 1. The first-order valence-corrected chi connectivity index (χ1v) is 11.6. The molecule has 1 aromatic rings. The standard InChI is InChI=1S/C24H32N5O4/c1-6-33-22(31)17-7-9-18(10-8-17)28-13-16(4)14-29-19-20(25-23(28)29)26(5)24(32)27(21(19)30)12-11-15(2)3/h7-10,15-16,19H,6,11-14H2,1-5H3/q+1. The van der Waals surface area contributed by atoms with Gasteiger partial charge in [-0.25, -0.2) is 19.1 Å². The number of carbonyl (C=O) groups is 3. The molecule has 0 radical (unpaired) electrons. The number of fused-ring (bicyclic) bond motifs is 2. The summed E-state index contributed by atoms with van der Waals surface area (Å²) in [6, 6.07) is 6.28. The zero-order valence-electron chi connectivity index (χ0n) is 19.9. The van der Waals surface area contributed by atoms with Crippen molar-refractivity contribution in [1.82, 2.24) is 9.80 Å². The lowest BCUT2D eigenvalue weighted by Gasteiger charge is -2.35. The fourth-order valence-corrected chi connectivity index (χ4v) is 4.50. The SMILES string of the molecule is CCOC(=O)c1ccc(N2CC(C)C[N+]3=C2N=C2C3C(=O)N(CCC(C)C)C(=O)N2C)cc1. The zero-order valence-corrected chi connectivity index (χ0v) is 19.9. The van der Waals surface area contributed by atoms with Gasteiger partial charge in [0.25, 0.3) is 5.91 Å². The van der Waals surface area contributed by atoms with E-state index in [1.54, 1.807) is 26.1 Å². The first-order valence-electron chi connectivity index (χ1n) is 11.6. The highest BCUT2D eigenvalue weighted by Gasteiger charge is 2.54. The number of esters is 1. The molecule has 3 heterocycles. The average Bonchev–Trinajstić information content (AvgIpc) is 3.16. The minimum absolute atomic E-state index is 0.209. The van der Waals surface area contributed by atoms with Gasteiger partial charge in [0.05, 0.1) is 25.3 Å². The van der Waals surface area contributed by atoms with E-state index in [0.29, 0.717) is 43.0 Å². The molecule has 1 aromatic carbocycles. The minimum atomic E-state index is -0.598. The summed E-state index contributed by atoms with van der Waals surface area (Å²) in [4.78, 5) is 48.1. The lowest BCUT2D eigenvalue weighted by atomic mass is 10.1. The fourth-order valence-electron chi connectivity index (χ4n) is 4.50. The van der Waals surface area contributed by atoms with Crippen LogP contribution in [-0.4, -0.2) is 83.4 Å². The van der Waals surface area contributed by atoms with Crippen LogP contribution in [0.25, 0.3) is 0 Å². The molecule has 0 aromatic heterocycles. The van der Waals surface area contributed by atoms with E-state index in [2.05, 4.69) is 25.7 Å². The van der Waals surface area contributed by atoms with Gasteiger partial charge in [-0.05, 0) is 43.5 Å². The van der Waals surface area contributed by atoms with Crippen LogP contribution in [0.5, 0.6) is 0 Å². The maximum atomic E-state index is 13.4. The first-order chi connectivity index (χ1) is 15.7. The molecule has 2 unspecified atom stereocenters. The van der Waals surface area contributed by atoms with Gasteiger partial charge in [-0.2, -0.15) is 0 Å². The van der Waals surface area contributed by atoms with E-state index in [-0.39, 0.29) is 23.8 Å². The number of rotatable bonds is 6. The van der Waals surface area contributed by atoms with Crippen molar-refractivity contribution in [3.63, 3.8) is 0 Å². The fraction of sp³-hybridized carbons (Fsp3) is 0.542. The predicted octanol–water partition coefficient (Wildman–Crippen LogP) is 2.41. The molecule has 0 bridgehead atoms. The number of ether oxygens (including phenoxy) is 1. The molecule has 0 spiro atoms. The second kappa shape index (κ2) is 8.96. The number of amidine groups is 1. The molecule has 2 atom stereocenters. The van der Waals surface area contributed by atoms with Crippen LogP contribution < -0.4 is 4.90 Å². The van der Waals surface area contributed by atoms with Crippen molar-refractivity contribution in [2.75, 3.05) is 38.2 Å². The molecule has 4 rings (SSSR count). The molecule has 176 valence electrons. The largest absolute Gasteiger partial charge is 0.462 e. The minimum Gasteiger partial charge on any atom is -0.462 e. The first kappa shape index (κ1) is 22.9. The number of carbonyl (C=O) groups excluding carboxylic acids is 3. The van der Waals surface area contributed by atoms with Crippen molar-refractivity contribution < 1.29 is 23.7 Å². The Hall–Kier alpha value is -3.23. The van der Waals surface area contributed by atoms with Crippen molar-refractivity contribution in [2.24, 2.45) is 16.8 Å². The molecule has 33 heavy (non-hydrogen) atoms. The molecule has 3 aliphatic rings. The number of guanidine groups is 1. The Morgan fingerprint density at radius 3 is 2.58 bits per heavy atom. The summed E-state index contributed by atoms with van der Waals surface area (Å²) in [6.45, 7) is 10.2. The van der Waals surface area contributed by atoms with Gasteiger partial charge >= 0.3 is 18.0 Å². The topological polar surface area (TPSA) is 85.5 Å². The predicted molar refractivity (Wildman–Crippen MR) is 125 cm³/mol. The highest BCUT2D eigenvalue weighted by Crippen LogP contribution is 2.28. The Kier molecular flexibility index (Phi) is 6.23. The van der Waals surface area contributed by atoms with Gasteiger partial charge in [-0.3, -0.25) is 14.6 Å². The Labute approximate surface area is 194 Å². The summed E-state index contributed by atoms with van der Waals surface area (Å²) in [5.41, 5.74) is 1.36. The molecule has 9 nitrogen and oxygen atoms in total. The highest BCUT2D eigenvalue weighted by molar-refractivity contribution is 6.24. The number of nitrogens with zero attached hydrogens (tertiary/aromatic N) is 5. The smallest absolute Gasteiger partial charge is 0.397 e. The molecule has 3 amide bonds. The van der Waals surface area contributed by atoms with Crippen LogP contribution in [0.1, 0.15) is 44.5 Å². The molecule has 1 saturated heterocycles. The summed E-state index contributed by atoms with van der Waals surface area (Å²) in [6.07, 6.45) is 0.760. The lowest BCUT2D eigenvalue weighted by Crippen LogP contribution is -2.63. The molecular weight excluding hydrogens is 422 g/mol. The summed E-state index contributed by atoms with van der Waals surface area (Å²) in [5.74, 6) is 1.23. The van der Waals surface area contributed by atoms with Crippen molar-refractivity contribution in [3.8, 4) is 0 Å². The molecular formula is C24H32N5O4+. The van der Waals surface area contributed by atoms with Gasteiger partial charge in [0.15, 0.2) is 0 Å². The summed E-state index contributed by atoms with van der Waals surface area (Å²) >= 11 is 0. The number of aliphatic imine (C=N–C) groups is 1. The van der Waals surface area contributed by atoms with Crippen LogP contribution in [0.4, 0.5) is 10.5 Å². The van der Waals surface area contributed by atoms with Crippen LogP contribution in [-0.2, 0) is 9.53 Å². The Bertz CT molecular complexity index is 1030. The second-order valence-electron chi connectivity index (χ2n) is 9.32. The molecule has 9 heteroatoms. The van der Waals surface area contributed by atoms with E-state index in [1.165, 1.54) is 9.80 Å². The monoisotopic (exact) mass is 454 g/mol. The van der Waals surface area contributed by atoms with Gasteiger partial charge in [0.2, 0.25) is 11.9 Å². The van der Waals surface area contributed by atoms with E-state index in [9.17, 15) is 14.4 Å². The van der Waals surface area contributed by atoms with Crippen LogP contribution in [0.2, 0.25) is 0 Å². The van der Waals surface area contributed by atoms with Gasteiger partial charge in [0.1, 0.15) is 5.69 Å². The highest BCUT2D eigenvalue weighted by atomic mass is 16.5. The second-order valence-corrected chi connectivity index (χ2v) is 9.32. The number of benzene rings is 1. The Morgan fingerprint density at radius 1 is 1.24 bits per heavy atom. The third kappa shape index (κ3) is 4.12. The number of hydrogen-bond donors (Lipinski definition) is 0. The van der Waals surface area contributed by atoms with Gasteiger partial charge < -0.3 is 4.74 Å². The third-order valence-corrected chi connectivity index (χ3v) is 6.25. The van der Waals surface area contributed by atoms with E-state index < -0.39 is 6.04 Å². The van der Waals surface area contributed by atoms with Crippen molar-refractivity contribution in [1.29, 1.82) is 0 Å². The number of imide groups is 1. The van der Waals surface area contributed by atoms with E-state index in [4.69, 9.17) is 9.73 Å². The summed E-state index contributed by atoms with van der Waals surface area (Å²) in [5, 5.41) is 0. The van der Waals surface area contributed by atoms with Crippen molar-refractivity contribution >= 4 is 35.4 Å². The molecule has 0 saturated carbocycles. The van der Waals surface area contributed by atoms with Crippen LogP contribution in [0, 0.1) is 11.8 Å². The normalized spacial score (nSPS) is 22.6. The van der Waals surface area contributed by atoms with Crippen molar-refractivity contribution in [3.05, 3.63) is 29.8 Å². The van der Waals surface area contributed by atoms with Gasteiger partial charge in [0, 0.05) is 19.5 Å². The van der Waals surface area contributed by atoms with E-state index in [1.807, 2.05) is 16.7 Å². The number of amides is 3. The van der Waals surface area contributed by atoms with Gasteiger partial charge in [-0.1, -0.05) is 25.8 Å². The molecule has 0 aliphatic carbocycles. The molecule has 3 aliphatic heterocycles. The number of anilines is 1. The molecule has 0 N–H and O–H groups in total. The third-order valence-electron chi connectivity index (χ3n) is 6.25. The zero-order chi connectivity index (χ0) is 23.9. The van der Waals surface area contributed by atoms with E-state index in [0.717, 1.165) is 18.7 Å². The van der Waals surface area contributed by atoms with Crippen LogP contribution in [0.15, 0.2) is 29.3 Å². The lowest BCUT2D eigenvalue weighted by molar-refractivity contribution is -0.545. The van der Waals surface area contributed by atoms with Crippen LogP contribution in [0.3, 0.4) is 0 Å². The molecule has 1 fully saturated rings. The quantitative estimate of drug-likeness (QED) is 0.487. The number of hydrogen-bond acceptors (Lipinski definition) is 6. The summed E-state index contributed by atoms with van der Waals surface area (Å²) < 4.78 is 7.08. The Morgan fingerprint density at radius 2 is 1.94 bits per heavy atom. The Balaban J connectivity index is 1.67.